The summed E-state index contributed by atoms with van der Waals surface area (Å²) in [5, 5.41) is 4.49. The first kappa shape index (κ1) is 13.2. The van der Waals surface area contributed by atoms with Crippen molar-refractivity contribution in [1.29, 1.82) is 0 Å². The Morgan fingerprint density at radius 3 is 2.75 bits per heavy atom. The molecule has 0 saturated carbocycles. The van der Waals surface area contributed by atoms with E-state index in [1.54, 1.807) is 0 Å². The van der Waals surface area contributed by atoms with Crippen LogP contribution in [0.5, 0.6) is 0 Å². The third-order valence-electron chi connectivity index (χ3n) is 2.57. The first-order valence-electron chi connectivity index (χ1n) is 5.87. The molecular formula is C11H22N4O. The SMILES string of the molecule is CCOCC(NN)c1cc(CC)nn1CC. The Labute approximate surface area is 96.9 Å². The Morgan fingerprint density at radius 2 is 2.25 bits per heavy atom. The van der Waals surface area contributed by atoms with Crippen molar-refractivity contribution in [3.63, 3.8) is 0 Å². The molecule has 0 bridgehead atoms. The van der Waals surface area contributed by atoms with E-state index in [0.717, 1.165) is 24.4 Å². The Kier molecular flexibility index (Phi) is 5.45. The molecule has 0 spiro atoms. The number of nitrogens with one attached hydrogen (secondary N) is 1. The van der Waals surface area contributed by atoms with Crippen molar-refractivity contribution in [3.8, 4) is 0 Å². The van der Waals surface area contributed by atoms with Gasteiger partial charge in [0.05, 0.1) is 24.0 Å². The molecule has 1 heterocycles. The molecule has 3 N–H and O–H groups in total. The van der Waals surface area contributed by atoms with Gasteiger partial charge in [0.15, 0.2) is 0 Å². The van der Waals surface area contributed by atoms with Crippen molar-refractivity contribution in [2.45, 2.75) is 39.8 Å². The lowest BCUT2D eigenvalue weighted by Gasteiger charge is -2.16. The summed E-state index contributed by atoms with van der Waals surface area (Å²) < 4.78 is 7.37. The lowest BCUT2D eigenvalue weighted by Crippen LogP contribution is -2.33. The van der Waals surface area contributed by atoms with Crippen molar-refractivity contribution in [3.05, 3.63) is 17.5 Å². The van der Waals surface area contributed by atoms with Crippen LogP contribution in [-0.4, -0.2) is 23.0 Å². The highest BCUT2D eigenvalue weighted by molar-refractivity contribution is 5.14. The van der Waals surface area contributed by atoms with Crippen LogP contribution < -0.4 is 11.3 Å². The molecule has 1 aromatic rings. The maximum Gasteiger partial charge on any atom is 0.0862 e. The van der Waals surface area contributed by atoms with Crippen LogP contribution in [0.15, 0.2) is 6.07 Å². The summed E-state index contributed by atoms with van der Waals surface area (Å²) in [6.45, 7) is 8.26. The van der Waals surface area contributed by atoms with Gasteiger partial charge in [-0.25, -0.2) is 5.43 Å². The van der Waals surface area contributed by atoms with Gasteiger partial charge in [0.25, 0.3) is 0 Å². The van der Waals surface area contributed by atoms with Crippen LogP contribution in [0.1, 0.15) is 38.2 Å². The maximum atomic E-state index is 5.55. The number of hydrogen-bond donors (Lipinski definition) is 2. The molecule has 5 nitrogen and oxygen atoms in total. The fraction of sp³-hybridized carbons (Fsp3) is 0.727. The summed E-state index contributed by atoms with van der Waals surface area (Å²) in [6.07, 6.45) is 0.936. The highest BCUT2D eigenvalue weighted by atomic mass is 16.5. The third kappa shape index (κ3) is 3.04. The summed E-state index contributed by atoms with van der Waals surface area (Å²) >= 11 is 0. The average Bonchev–Trinajstić information content (AvgIpc) is 2.73. The minimum atomic E-state index is 0.00713. The van der Waals surface area contributed by atoms with Gasteiger partial charge in [-0.1, -0.05) is 6.92 Å². The summed E-state index contributed by atoms with van der Waals surface area (Å²) in [6, 6.07) is 2.10. The van der Waals surface area contributed by atoms with E-state index in [-0.39, 0.29) is 6.04 Å². The van der Waals surface area contributed by atoms with Crippen molar-refractivity contribution < 1.29 is 4.74 Å². The van der Waals surface area contributed by atoms with Crippen LogP contribution in [-0.2, 0) is 17.7 Å². The van der Waals surface area contributed by atoms with E-state index in [1.165, 1.54) is 0 Å². The Bertz CT molecular complexity index is 311. The first-order chi connectivity index (χ1) is 7.76. The van der Waals surface area contributed by atoms with Gasteiger partial charge in [-0.05, 0) is 26.3 Å². The van der Waals surface area contributed by atoms with Gasteiger partial charge in [-0.3, -0.25) is 10.5 Å². The molecule has 92 valence electrons. The Morgan fingerprint density at radius 1 is 1.50 bits per heavy atom. The van der Waals surface area contributed by atoms with E-state index < -0.39 is 0 Å². The maximum absolute atomic E-state index is 5.55. The van der Waals surface area contributed by atoms with Crippen LogP contribution in [0.3, 0.4) is 0 Å². The Hall–Kier alpha value is -0.910. The van der Waals surface area contributed by atoms with Gasteiger partial charge in [0.2, 0.25) is 0 Å². The smallest absolute Gasteiger partial charge is 0.0862 e. The summed E-state index contributed by atoms with van der Waals surface area (Å²) in [5.41, 5.74) is 4.96. The summed E-state index contributed by atoms with van der Waals surface area (Å²) in [4.78, 5) is 0. The highest BCUT2D eigenvalue weighted by Gasteiger charge is 2.16. The standard InChI is InChI=1S/C11H22N4O/c1-4-9-7-11(15(5-2)14-9)10(13-12)8-16-6-3/h7,10,13H,4-6,8,12H2,1-3H3. The normalized spacial score (nSPS) is 13.0. The molecule has 0 saturated heterocycles. The molecule has 0 aliphatic heterocycles. The van der Waals surface area contributed by atoms with E-state index in [4.69, 9.17) is 10.6 Å². The molecule has 0 fully saturated rings. The minimum absolute atomic E-state index is 0.00713. The van der Waals surface area contributed by atoms with E-state index in [0.29, 0.717) is 13.2 Å². The number of hydrazine groups is 1. The molecule has 1 unspecified atom stereocenters. The second kappa shape index (κ2) is 6.62. The van der Waals surface area contributed by atoms with E-state index in [1.807, 2.05) is 11.6 Å². The van der Waals surface area contributed by atoms with Gasteiger partial charge < -0.3 is 4.74 Å². The number of hydrogen-bond acceptors (Lipinski definition) is 4. The Balaban J connectivity index is 2.84. The van der Waals surface area contributed by atoms with Crippen LogP contribution in [0.25, 0.3) is 0 Å². The molecule has 0 amide bonds. The third-order valence-corrected chi connectivity index (χ3v) is 2.57. The van der Waals surface area contributed by atoms with Crippen LogP contribution in [0.4, 0.5) is 0 Å². The predicted molar refractivity (Wildman–Crippen MR) is 63.8 cm³/mol. The zero-order chi connectivity index (χ0) is 12.0. The highest BCUT2D eigenvalue weighted by Crippen LogP contribution is 2.15. The summed E-state index contributed by atoms with van der Waals surface area (Å²) in [5.74, 6) is 5.55. The quantitative estimate of drug-likeness (QED) is 0.538. The molecule has 1 atom stereocenters. The second-order valence-electron chi connectivity index (χ2n) is 3.61. The van der Waals surface area contributed by atoms with Crippen molar-refractivity contribution in [2.24, 2.45) is 5.84 Å². The van der Waals surface area contributed by atoms with Crippen LogP contribution in [0.2, 0.25) is 0 Å². The molecule has 0 radical (unpaired) electrons. The minimum Gasteiger partial charge on any atom is -0.380 e. The van der Waals surface area contributed by atoms with E-state index >= 15 is 0 Å². The number of aryl methyl sites for hydroxylation is 2. The van der Waals surface area contributed by atoms with Crippen molar-refractivity contribution >= 4 is 0 Å². The van der Waals surface area contributed by atoms with Gasteiger partial charge in [0.1, 0.15) is 0 Å². The fourth-order valence-corrected chi connectivity index (χ4v) is 1.65. The van der Waals surface area contributed by atoms with Crippen LogP contribution in [0, 0.1) is 0 Å². The number of ether oxygens (including phenoxy) is 1. The molecular weight excluding hydrogens is 204 g/mol. The van der Waals surface area contributed by atoms with Gasteiger partial charge in [-0.15, -0.1) is 0 Å². The number of nitrogens with zero attached hydrogens (tertiary/aromatic N) is 2. The second-order valence-corrected chi connectivity index (χ2v) is 3.61. The largest absolute Gasteiger partial charge is 0.380 e. The zero-order valence-electron chi connectivity index (χ0n) is 10.4. The lowest BCUT2D eigenvalue weighted by molar-refractivity contribution is 0.120. The molecule has 0 aliphatic carbocycles. The average molecular weight is 226 g/mol. The molecule has 1 aromatic heterocycles. The molecule has 5 heteroatoms. The van der Waals surface area contributed by atoms with Gasteiger partial charge >= 0.3 is 0 Å². The zero-order valence-corrected chi connectivity index (χ0v) is 10.4. The lowest BCUT2D eigenvalue weighted by atomic mass is 10.2. The predicted octanol–water partition coefficient (Wildman–Crippen LogP) is 1.01. The van der Waals surface area contributed by atoms with Crippen molar-refractivity contribution in [2.75, 3.05) is 13.2 Å². The fourth-order valence-electron chi connectivity index (χ4n) is 1.65. The number of rotatable bonds is 7. The topological polar surface area (TPSA) is 65.1 Å². The van der Waals surface area contributed by atoms with E-state index in [9.17, 15) is 0 Å². The molecule has 16 heavy (non-hydrogen) atoms. The monoisotopic (exact) mass is 226 g/mol. The molecule has 0 aliphatic rings. The first-order valence-corrected chi connectivity index (χ1v) is 5.87. The van der Waals surface area contributed by atoms with Crippen molar-refractivity contribution in [1.82, 2.24) is 15.2 Å². The van der Waals surface area contributed by atoms with E-state index in [2.05, 4.69) is 30.4 Å². The number of nitrogens with two attached hydrogens (primary N) is 1. The summed E-state index contributed by atoms with van der Waals surface area (Å²) in [7, 11) is 0. The van der Waals surface area contributed by atoms with Gasteiger partial charge in [0, 0.05) is 13.2 Å². The van der Waals surface area contributed by atoms with Gasteiger partial charge in [-0.2, -0.15) is 5.10 Å². The van der Waals surface area contributed by atoms with Crippen LogP contribution >= 0.6 is 0 Å². The molecule has 0 aromatic carbocycles. The number of aromatic nitrogens is 2. The molecule has 1 rings (SSSR count).